The molecular formula is C26H36O2. The zero-order valence-electron chi connectivity index (χ0n) is 18.8. The fraction of sp³-hybridized carbons (Fsp3) is 0.462. The first-order valence-electron chi connectivity index (χ1n) is 10.2. The summed E-state index contributed by atoms with van der Waals surface area (Å²) in [7, 11) is 0. The van der Waals surface area contributed by atoms with Gasteiger partial charge in [0, 0.05) is 17.0 Å². The number of hydrogen-bond donors (Lipinski definition) is 1. The first kappa shape index (κ1) is 22.1. The van der Waals surface area contributed by atoms with E-state index in [-0.39, 0.29) is 11.3 Å². The number of benzene rings is 2. The predicted octanol–water partition coefficient (Wildman–Crippen LogP) is 6.97. The minimum Gasteiger partial charge on any atom is -0.507 e. The van der Waals surface area contributed by atoms with Crippen molar-refractivity contribution in [1.29, 1.82) is 0 Å². The largest absolute Gasteiger partial charge is 0.507 e. The Morgan fingerprint density at radius 1 is 1.00 bits per heavy atom. The Kier molecular flexibility index (Phi) is 6.64. The number of phenols is 1. The molecule has 0 saturated carbocycles. The molecule has 0 heterocycles. The molecule has 0 aromatic heterocycles. The van der Waals surface area contributed by atoms with E-state index < -0.39 is 0 Å². The monoisotopic (exact) mass is 380 g/mol. The van der Waals surface area contributed by atoms with Gasteiger partial charge in [0.25, 0.3) is 0 Å². The fourth-order valence-corrected chi connectivity index (χ4v) is 4.06. The van der Waals surface area contributed by atoms with Crippen molar-refractivity contribution in [2.45, 2.75) is 66.7 Å². The summed E-state index contributed by atoms with van der Waals surface area (Å²) in [6, 6.07) is 8.58. The summed E-state index contributed by atoms with van der Waals surface area (Å²) in [5.41, 5.74) is 6.46. The standard InChI is InChI=1S/C26H36O2/c1-10-11-28-25-19(6)12-17(4)14-21(25)23(16(2)3)20-13-18(5)15-22(24(20)27)26(7,8)9/h10,12-16,23,27H,1,11H2,2-9H3. The Labute approximate surface area is 171 Å². The predicted molar refractivity (Wildman–Crippen MR) is 120 cm³/mol. The second-order valence-electron chi connectivity index (χ2n) is 9.32. The van der Waals surface area contributed by atoms with Crippen LogP contribution in [0.2, 0.25) is 0 Å². The molecule has 2 aromatic carbocycles. The highest BCUT2D eigenvalue weighted by atomic mass is 16.5. The third-order valence-corrected chi connectivity index (χ3v) is 5.22. The maximum Gasteiger partial charge on any atom is 0.126 e. The quantitative estimate of drug-likeness (QED) is 0.548. The molecule has 152 valence electrons. The summed E-state index contributed by atoms with van der Waals surface area (Å²) in [6.45, 7) is 21.4. The second-order valence-corrected chi connectivity index (χ2v) is 9.32. The summed E-state index contributed by atoms with van der Waals surface area (Å²) in [6.07, 6.45) is 1.77. The Hall–Kier alpha value is -2.22. The second kappa shape index (κ2) is 8.43. The molecule has 0 amide bonds. The van der Waals surface area contributed by atoms with Gasteiger partial charge in [0.1, 0.15) is 18.1 Å². The van der Waals surface area contributed by atoms with Crippen LogP contribution < -0.4 is 4.74 Å². The van der Waals surface area contributed by atoms with E-state index in [0.29, 0.717) is 18.3 Å². The first-order valence-corrected chi connectivity index (χ1v) is 10.2. The van der Waals surface area contributed by atoms with Crippen molar-refractivity contribution in [3.8, 4) is 11.5 Å². The molecule has 1 N–H and O–H groups in total. The van der Waals surface area contributed by atoms with Gasteiger partial charge in [0.05, 0.1) is 0 Å². The summed E-state index contributed by atoms with van der Waals surface area (Å²) < 4.78 is 6.09. The van der Waals surface area contributed by atoms with Gasteiger partial charge >= 0.3 is 0 Å². The van der Waals surface area contributed by atoms with Gasteiger partial charge in [-0.3, -0.25) is 0 Å². The summed E-state index contributed by atoms with van der Waals surface area (Å²) in [4.78, 5) is 0. The molecule has 2 aromatic rings. The number of aromatic hydroxyl groups is 1. The van der Waals surface area contributed by atoms with Crippen LogP contribution in [-0.2, 0) is 5.41 Å². The van der Waals surface area contributed by atoms with E-state index >= 15 is 0 Å². The van der Waals surface area contributed by atoms with Crippen LogP contribution >= 0.6 is 0 Å². The third kappa shape index (κ3) is 4.60. The zero-order valence-corrected chi connectivity index (χ0v) is 18.8. The molecule has 0 radical (unpaired) electrons. The van der Waals surface area contributed by atoms with Crippen LogP contribution in [0, 0.1) is 26.7 Å². The van der Waals surface area contributed by atoms with Gasteiger partial charge < -0.3 is 9.84 Å². The van der Waals surface area contributed by atoms with Gasteiger partial charge in [-0.25, -0.2) is 0 Å². The van der Waals surface area contributed by atoms with Crippen LogP contribution in [0.5, 0.6) is 11.5 Å². The smallest absolute Gasteiger partial charge is 0.126 e. The van der Waals surface area contributed by atoms with Crippen LogP contribution in [0.3, 0.4) is 0 Å². The molecule has 28 heavy (non-hydrogen) atoms. The topological polar surface area (TPSA) is 29.5 Å². The highest BCUT2D eigenvalue weighted by Crippen LogP contribution is 2.45. The van der Waals surface area contributed by atoms with Gasteiger partial charge in [-0.15, -0.1) is 0 Å². The molecule has 2 heteroatoms. The van der Waals surface area contributed by atoms with Crippen molar-refractivity contribution in [3.63, 3.8) is 0 Å². The molecule has 0 bridgehead atoms. The third-order valence-electron chi connectivity index (χ3n) is 5.22. The van der Waals surface area contributed by atoms with Crippen molar-refractivity contribution < 1.29 is 9.84 Å². The molecule has 0 saturated heterocycles. The van der Waals surface area contributed by atoms with Crippen molar-refractivity contribution >= 4 is 0 Å². The van der Waals surface area contributed by atoms with Gasteiger partial charge in [-0.1, -0.05) is 82.7 Å². The van der Waals surface area contributed by atoms with Crippen molar-refractivity contribution in [2.24, 2.45) is 5.92 Å². The van der Waals surface area contributed by atoms with Crippen LogP contribution in [-0.4, -0.2) is 11.7 Å². The summed E-state index contributed by atoms with van der Waals surface area (Å²) in [5, 5.41) is 11.3. The van der Waals surface area contributed by atoms with Crippen LogP contribution in [0.1, 0.15) is 73.9 Å². The Morgan fingerprint density at radius 3 is 2.11 bits per heavy atom. The Morgan fingerprint density at radius 2 is 1.57 bits per heavy atom. The maximum atomic E-state index is 11.3. The highest BCUT2D eigenvalue weighted by molar-refractivity contribution is 5.55. The number of phenolic OH excluding ortho intramolecular Hbond substituents is 1. The molecule has 2 rings (SSSR count). The van der Waals surface area contributed by atoms with Crippen molar-refractivity contribution in [3.05, 3.63) is 70.3 Å². The lowest BCUT2D eigenvalue weighted by Gasteiger charge is -2.30. The van der Waals surface area contributed by atoms with Gasteiger partial charge in [0.15, 0.2) is 0 Å². The van der Waals surface area contributed by atoms with Gasteiger partial charge in [-0.05, 0) is 43.2 Å². The van der Waals surface area contributed by atoms with Crippen LogP contribution in [0.4, 0.5) is 0 Å². The molecule has 0 aliphatic rings. The zero-order chi connectivity index (χ0) is 21.2. The molecular weight excluding hydrogens is 344 g/mol. The van der Waals surface area contributed by atoms with E-state index in [1.54, 1.807) is 6.08 Å². The number of ether oxygens (including phenoxy) is 1. The lowest BCUT2D eigenvalue weighted by atomic mass is 9.76. The summed E-state index contributed by atoms with van der Waals surface area (Å²) >= 11 is 0. The van der Waals surface area contributed by atoms with Crippen LogP contribution in [0.15, 0.2) is 36.9 Å². The Balaban J connectivity index is 2.79. The number of hydrogen-bond acceptors (Lipinski definition) is 2. The minimum absolute atomic E-state index is 0.0411. The lowest BCUT2D eigenvalue weighted by molar-refractivity contribution is 0.350. The first-order chi connectivity index (χ1) is 13.0. The van der Waals surface area contributed by atoms with E-state index in [9.17, 15) is 5.11 Å². The molecule has 1 unspecified atom stereocenters. The Bertz CT molecular complexity index is 854. The molecule has 2 nitrogen and oxygen atoms in total. The van der Waals surface area contributed by atoms with E-state index in [2.05, 4.69) is 86.2 Å². The van der Waals surface area contributed by atoms with Crippen molar-refractivity contribution in [2.75, 3.05) is 6.61 Å². The molecule has 1 atom stereocenters. The summed E-state index contributed by atoms with van der Waals surface area (Å²) in [5.74, 6) is 1.65. The number of rotatable bonds is 6. The lowest BCUT2D eigenvalue weighted by Crippen LogP contribution is -2.16. The average molecular weight is 381 g/mol. The molecule has 0 aliphatic heterocycles. The van der Waals surface area contributed by atoms with Crippen molar-refractivity contribution in [1.82, 2.24) is 0 Å². The van der Waals surface area contributed by atoms with E-state index in [0.717, 1.165) is 28.0 Å². The van der Waals surface area contributed by atoms with E-state index in [1.807, 2.05) is 0 Å². The van der Waals surface area contributed by atoms with E-state index in [1.165, 1.54) is 11.1 Å². The van der Waals surface area contributed by atoms with Gasteiger partial charge in [-0.2, -0.15) is 0 Å². The average Bonchev–Trinajstić information content (AvgIpc) is 2.55. The normalized spacial score (nSPS) is 12.9. The van der Waals surface area contributed by atoms with E-state index in [4.69, 9.17) is 4.74 Å². The number of aryl methyl sites for hydroxylation is 3. The van der Waals surface area contributed by atoms with Gasteiger partial charge in [0.2, 0.25) is 0 Å². The minimum atomic E-state index is -0.128. The maximum absolute atomic E-state index is 11.3. The SMILES string of the molecule is C=CCOc1c(C)cc(C)cc1C(c1cc(C)cc(C(C)(C)C)c1O)C(C)C. The fourth-order valence-electron chi connectivity index (χ4n) is 4.06. The molecule has 0 spiro atoms. The van der Waals surface area contributed by atoms with Crippen LogP contribution in [0.25, 0.3) is 0 Å². The molecule has 0 fully saturated rings. The highest BCUT2D eigenvalue weighted by Gasteiger charge is 2.29. The molecule has 0 aliphatic carbocycles.